The minimum absolute atomic E-state index is 0.00658. The average molecular weight is 695 g/mol. The largest absolute Gasteiger partial charge is 0.474 e. The molecule has 2 N–H and O–H groups in total. The second-order valence-corrected chi connectivity index (χ2v) is 14.4. The van der Waals surface area contributed by atoms with Gasteiger partial charge < -0.3 is 25.0 Å². The molecule has 4 aromatic rings. The Morgan fingerprint density at radius 1 is 1.08 bits per heavy atom. The van der Waals surface area contributed by atoms with E-state index in [1.807, 2.05) is 0 Å². The second-order valence-electron chi connectivity index (χ2n) is 13.0. The van der Waals surface area contributed by atoms with E-state index in [9.17, 15) is 14.4 Å². The number of carbonyl (C=O) groups excluding carboxylic acids is 1. The van der Waals surface area contributed by atoms with Gasteiger partial charge in [-0.15, -0.1) is 0 Å². The molecule has 4 saturated heterocycles. The summed E-state index contributed by atoms with van der Waals surface area (Å²) in [5.74, 6) is -1.12. The van der Waals surface area contributed by atoms with E-state index >= 15 is 4.39 Å². The van der Waals surface area contributed by atoms with Crippen molar-refractivity contribution >= 4 is 55.2 Å². The summed E-state index contributed by atoms with van der Waals surface area (Å²) >= 11 is 7.75. The molecule has 4 aliphatic rings. The lowest BCUT2D eigenvalue weighted by Gasteiger charge is -2.41. The molecule has 1 unspecified atom stereocenters. The number of nitrogens with two attached hydrogens (primary N) is 1. The zero-order valence-electron chi connectivity index (χ0n) is 26.1. The molecule has 15 heteroatoms. The molecule has 0 bridgehead atoms. The van der Waals surface area contributed by atoms with E-state index < -0.39 is 11.6 Å². The number of ether oxygens (including phenoxy) is 2. The van der Waals surface area contributed by atoms with E-state index in [-0.39, 0.29) is 78.0 Å². The van der Waals surface area contributed by atoms with Crippen molar-refractivity contribution in [1.82, 2.24) is 29.7 Å². The highest BCUT2D eigenvalue weighted by Gasteiger charge is 2.45. The number of piperidine rings is 1. The van der Waals surface area contributed by atoms with Crippen LogP contribution in [0.1, 0.15) is 44.9 Å². The molecule has 0 spiro atoms. The summed E-state index contributed by atoms with van der Waals surface area (Å²) < 4.78 is 44.3. The van der Waals surface area contributed by atoms with Crippen LogP contribution in [-0.4, -0.2) is 92.7 Å². The van der Waals surface area contributed by atoms with Crippen molar-refractivity contribution < 1.29 is 23.0 Å². The third-order valence-corrected chi connectivity index (χ3v) is 11.5. The Labute approximate surface area is 284 Å². The highest BCUT2D eigenvalue weighted by Crippen LogP contribution is 2.43. The quantitative estimate of drug-likeness (QED) is 0.258. The number of thiazole rings is 1. The molecule has 4 aliphatic heterocycles. The van der Waals surface area contributed by atoms with Crippen molar-refractivity contribution in [2.24, 2.45) is 0 Å². The highest BCUT2D eigenvalue weighted by molar-refractivity contribution is 7.22. The van der Waals surface area contributed by atoms with Crippen LogP contribution in [0.15, 0.2) is 18.2 Å². The van der Waals surface area contributed by atoms with Gasteiger partial charge in [0.05, 0.1) is 32.2 Å². The molecule has 2 aromatic heterocycles. The monoisotopic (exact) mass is 694 g/mol. The van der Waals surface area contributed by atoms with Crippen molar-refractivity contribution in [3.05, 3.63) is 34.9 Å². The van der Waals surface area contributed by atoms with E-state index in [1.54, 1.807) is 15.9 Å². The number of hydrogen-bond donors (Lipinski definition) is 1. The lowest BCUT2D eigenvalue weighted by molar-refractivity contribution is 0.0711. The number of anilines is 1. The third kappa shape index (κ3) is 5.23. The molecule has 8 rings (SSSR count). The molecule has 0 radical (unpaired) electrons. The lowest BCUT2D eigenvalue weighted by atomic mass is 9.95. The lowest BCUT2D eigenvalue weighted by Crippen LogP contribution is -2.57. The number of amides is 2. The van der Waals surface area contributed by atoms with Crippen LogP contribution in [0.4, 0.5) is 18.7 Å². The van der Waals surface area contributed by atoms with Gasteiger partial charge >= 0.3 is 12.0 Å². The predicted molar refractivity (Wildman–Crippen MR) is 177 cm³/mol. The molecule has 6 heterocycles. The van der Waals surface area contributed by atoms with Crippen LogP contribution in [0, 0.1) is 23.0 Å². The maximum absolute atomic E-state index is 16.7. The van der Waals surface area contributed by atoms with E-state index in [0.29, 0.717) is 45.5 Å². The number of likely N-dealkylation sites (tertiary alicyclic amines) is 2. The molecule has 1 atom stereocenters. The number of fused-ring (bicyclic) bond motifs is 3. The van der Waals surface area contributed by atoms with Gasteiger partial charge in [0.25, 0.3) is 0 Å². The fraction of sp³-hybridized carbons (Fsp3) is 0.485. The van der Waals surface area contributed by atoms with Crippen molar-refractivity contribution in [1.29, 1.82) is 5.26 Å². The number of hydrogen-bond acceptors (Lipinski definition) is 10. The van der Waals surface area contributed by atoms with E-state index in [0.717, 1.165) is 50.1 Å². The summed E-state index contributed by atoms with van der Waals surface area (Å²) in [6, 6.07) is 5.88. The van der Waals surface area contributed by atoms with Crippen molar-refractivity contribution in [2.75, 3.05) is 45.1 Å². The number of nitriles is 1. The first-order valence-electron chi connectivity index (χ1n) is 16.3. The first-order chi connectivity index (χ1) is 23.2. The molecule has 11 nitrogen and oxygen atoms in total. The van der Waals surface area contributed by atoms with Gasteiger partial charge in [0, 0.05) is 43.6 Å². The molecule has 48 heavy (non-hydrogen) atoms. The molecule has 2 aromatic carbocycles. The maximum Gasteiger partial charge on any atom is 0.321 e. The van der Waals surface area contributed by atoms with Crippen LogP contribution in [0.3, 0.4) is 0 Å². The third-order valence-electron chi connectivity index (χ3n) is 10.3. The van der Waals surface area contributed by atoms with Crippen LogP contribution in [0.25, 0.3) is 32.2 Å². The molecule has 250 valence electrons. The summed E-state index contributed by atoms with van der Waals surface area (Å²) in [5.41, 5.74) is 6.28. The van der Waals surface area contributed by atoms with Crippen LogP contribution < -0.4 is 15.2 Å². The van der Waals surface area contributed by atoms with Gasteiger partial charge in [0.15, 0.2) is 10.9 Å². The number of nitrogens with zero attached hydrogens (tertiary/aromatic N) is 7. The van der Waals surface area contributed by atoms with Gasteiger partial charge in [-0.2, -0.15) is 15.2 Å². The number of aromatic nitrogens is 3. The first-order valence-corrected chi connectivity index (χ1v) is 17.5. The Hall–Kier alpha value is -4.06. The highest BCUT2D eigenvalue weighted by atomic mass is 35.5. The van der Waals surface area contributed by atoms with Gasteiger partial charge in [0.1, 0.15) is 30.1 Å². The molecule has 2 amide bonds. The standard InChI is InChI=1S/C33H33ClF2N8O3S/c34-22-15-21-26(25(36)24(22)20-3-4-23(35)28-27(20)39-30(38)48-28)40-31(46-17-33-8-1-10-43(33)11-2-9-33)41-29(21)47-19-6-12-42(13-7-19)32(45)44-14-5-18(44)16-37/h3-4,15,18-19H,1-2,5-14,17H2,(H2,38,39). The van der Waals surface area contributed by atoms with Gasteiger partial charge in [-0.25, -0.2) is 18.6 Å². The number of rotatable bonds is 6. The van der Waals surface area contributed by atoms with E-state index in [1.165, 1.54) is 12.1 Å². The normalized spacial score (nSPS) is 21.0. The number of halogens is 3. The number of benzene rings is 2. The Bertz CT molecular complexity index is 1970. The van der Waals surface area contributed by atoms with Crippen LogP contribution in [-0.2, 0) is 0 Å². The molecule has 0 saturated carbocycles. The molecule has 0 aliphatic carbocycles. The maximum atomic E-state index is 16.7. The van der Waals surface area contributed by atoms with E-state index in [4.69, 9.17) is 26.8 Å². The summed E-state index contributed by atoms with van der Waals surface area (Å²) in [7, 11) is 0. The second kappa shape index (κ2) is 12.1. The van der Waals surface area contributed by atoms with E-state index in [2.05, 4.69) is 25.9 Å². The van der Waals surface area contributed by atoms with Crippen LogP contribution in [0.5, 0.6) is 11.9 Å². The van der Waals surface area contributed by atoms with Crippen molar-refractivity contribution in [2.45, 2.75) is 62.6 Å². The van der Waals surface area contributed by atoms with Gasteiger partial charge in [-0.3, -0.25) is 4.90 Å². The topological polar surface area (TPSA) is 134 Å². The first kappa shape index (κ1) is 31.2. The zero-order valence-corrected chi connectivity index (χ0v) is 27.6. The number of urea groups is 1. The SMILES string of the molecule is N#CC1CCN1C(=O)N1CCC(Oc2nc(OCC34CCCN3CCC4)nc3c(F)c(-c4ccc(F)c5sc(N)nc45)c(Cl)cc23)CC1. The summed E-state index contributed by atoms with van der Waals surface area (Å²) in [5, 5.41) is 9.74. The number of carbonyl (C=O) groups is 1. The van der Waals surface area contributed by atoms with Gasteiger partial charge in [-0.1, -0.05) is 22.9 Å². The fourth-order valence-electron chi connectivity index (χ4n) is 7.66. The molecular formula is C33H33ClF2N8O3S. The Kier molecular flexibility index (Phi) is 7.88. The summed E-state index contributed by atoms with van der Waals surface area (Å²) in [6.45, 7) is 3.89. The summed E-state index contributed by atoms with van der Waals surface area (Å²) in [4.78, 5) is 32.2. The molecular weight excluding hydrogens is 662 g/mol. The molecule has 4 fully saturated rings. The zero-order chi connectivity index (χ0) is 33.2. The van der Waals surface area contributed by atoms with Gasteiger partial charge in [-0.05, 0) is 63.4 Å². The minimum Gasteiger partial charge on any atom is -0.474 e. The Morgan fingerprint density at radius 2 is 1.85 bits per heavy atom. The van der Waals surface area contributed by atoms with Crippen LogP contribution >= 0.6 is 22.9 Å². The summed E-state index contributed by atoms with van der Waals surface area (Å²) in [6.07, 6.45) is 5.62. The van der Waals surface area contributed by atoms with Crippen molar-refractivity contribution in [3.8, 4) is 29.1 Å². The smallest absolute Gasteiger partial charge is 0.321 e. The number of nitrogen functional groups attached to an aromatic ring is 1. The Balaban J connectivity index is 1.13. The minimum atomic E-state index is -0.738. The fourth-order valence-corrected chi connectivity index (χ4v) is 8.72. The predicted octanol–water partition coefficient (Wildman–Crippen LogP) is 5.99. The van der Waals surface area contributed by atoms with Crippen molar-refractivity contribution in [3.63, 3.8) is 0 Å². The van der Waals surface area contributed by atoms with Crippen LogP contribution in [0.2, 0.25) is 5.02 Å². The van der Waals surface area contributed by atoms with Gasteiger partial charge in [0.2, 0.25) is 5.88 Å². The Morgan fingerprint density at radius 3 is 2.56 bits per heavy atom. The average Bonchev–Trinajstić information content (AvgIpc) is 3.76.